The molecule has 0 N–H and O–H groups in total. The first-order chi connectivity index (χ1) is 7.63. The van der Waals surface area contributed by atoms with Crippen LogP contribution in [0.15, 0.2) is 0 Å². The van der Waals surface area contributed by atoms with E-state index in [1.165, 1.54) is 0 Å². The lowest BCUT2D eigenvalue weighted by Gasteiger charge is -2.47. The molecule has 0 spiro atoms. The number of hydrogen-bond acceptors (Lipinski definition) is 3. The van der Waals surface area contributed by atoms with Crippen molar-refractivity contribution in [2.45, 2.75) is 45.1 Å². The van der Waals surface area contributed by atoms with Crippen LogP contribution in [0.2, 0.25) is 0 Å². The van der Waals surface area contributed by atoms with Crippen LogP contribution in [0, 0.1) is 11.8 Å². The maximum absolute atomic E-state index is 6.03. The second kappa shape index (κ2) is 5.59. The number of rotatable bonds is 2. The van der Waals surface area contributed by atoms with Gasteiger partial charge in [0.15, 0.2) is 6.03 Å². The van der Waals surface area contributed by atoms with Crippen LogP contribution in [0.1, 0.15) is 20.8 Å². The van der Waals surface area contributed by atoms with Crippen LogP contribution in [-0.2, 0) is 14.2 Å². The normalized spacial score (nSPS) is 50.2. The third-order valence-electron chi connectivity index (χ3n) is 3.80. The molecule has 2 saturated heterocycles. The number of ether oxygens (including phenoxy) is 3. The van der Waals surface area contributed by atoms with Gasteiger partial charge < -0.3 is 14.2 Å². The Kier molecular flexibility index (Phi) is 4.60. The average molecular weight is 264 g/mol. The Balaban J connectivity index is 2.00. The van der Waals surface area contributed by atoms with Crippen LogP contribution < -0.4 is 0 Å². The summed E-state index contributed by atoms with van der Waals surface area (Å²) in [6.07, 6.45) is 0.687. The molecule has 5 heteroatoms. The molecule has 0 aromatic carbocycles. The highest BCUT2D eigenvalue weighted by Gasteiger charge is 2.44. The molecule has 3 nitrogen and oxygen atoms in total. The van der Waals surface area contributed by atoms with Crippen molar-refractivity contribution in [1.82, 2.24) is 0 Å². The minimum atomic E-state index is 0.0243. The van der Waals surface area contributed by atoms with Crippen molar-refractivity contribution in [3.63, 3.8) is 0 Å². The summed E-state index contributed by atoms with van der Waals surface area (Å²) >= 11 is 0. The van der Waals surface area contributed by atoms with E-state index < -0.39 is 0 Å². The Hall–Kier alpha value is 0.740. The van der Waals surface area contributed by atoms with Gasteiger partial charge in [-0.05, 0) is 33.7 Å². The van der Waals surface area contributed by atoms with E-state index in [0.29, 0.717) is 24.5 Å². The van der Waals surface area contributed by atoms with Crippen molar-refractivity contribution in [2.24, 2.45) is 11.8 Å². The topological polar surface area (TPSA) is 27.7 Å². The number of hydrogen-bond donors (Lipinski definition) is 0. The minimum Gasteiger partial charge on any atom is -0.370 e. The van der Waals surface area contributed by atoms with Crippen LogP contribution in [0.3, 0.4) is 0 Å². The van der Waals surface area contributed by atoms with Crippen LogP contribution >= 0.6 is 16.5 Å². The molecule has 2 rings (SSSR count). The fourth-order valence-electron chi connectivity index (χ4n) is 2.45. The molecule has 0 aromatic heterocycles. The lowest BCUT2D eigenvalue weighted by Crippen LogP contribution is -2.55. The minimum absolute atomic E-state index is 0.0243. The van der Waals surface area contributed by atoms with E-state index in [0.717, 1.165) is 16.5 Å². The molecule has 2 fully saturated rings. The molecule has 2 heterocycles. The smallest absolute Gasteiger partial charge is 0.177 e. The van der Waals surface area contributed by atoms with Crippen LogP contribution in [0.25, 0.3) is 0 Å². The van der Waals surface area contributed by atoms with E-state index in [9.17, 15) is 0 Å². The van der Waals surface area contributed by atoms with Gasteiger partial charge in [-0.2, -0.15) is 0 Å². The maximum atomic E-state index is 6.03. The quantitative estimate of drug-likeness (QED) is 0.718. The lowest BCUT2D eigenvalue weighted by atomic mass is 9.82. The summed E-state index contributed by atoms with van der Waals surface area (Å²) in [5.74, 6) is 1.12. The third kappa shape index (κ3) is 2.60. The van der Waals surface area contributed by atoms with E-state index >= 15 is 0 Å². The van der Waals surface area contributed by atoms with E-state index in [-0.39, 0.29) is 18.2 Å². The Morgan fingerprint density at radius 2 is 1.81 bits per heavy atom. The molecule has 0 saturated carbocycles. The second-order valence-corrected chi connectivity index (χ2v) is 8.38. The van der Waals surface area contributed by atoms with E-state index in [4.69, 9.17) is 14.2 Å². The largest absolute Gasteiger partial charge is 0.370 e. The monoisotopic (exact) mass is 264 g/mol. The second-order valence-electron chi connectivity index (χ2n) is 4.76. The molecular formula is C11H22O3P2. The first-order valence-electron chi connectivity index (χ1n) is 5.98. The SMILES string of the molecule is CPPC1OCC2O[C@@H](C)C(C)[C@@H](C)[C@@H]2O1. The van der Waals surface area contributed by atoms with Gasteiger partial charge in [-0.1, -0.05) is 22.1 Å². The van der Waals surface area contributed by atoms with Gasteiger partial charge in [0.1, 0.15) is 6.10 Å². The summed E-state index contributed by atoms with van der Waals surface area (Å²) in [6.45, 7) is 9.58. The Morgan fingerprint density at radius 1 is 1.06 bits per heavy atom. The summed E-state index contributed by atoms with van der Waals surface area (Å²) in [5, 5.41) is 0. The highest BCUT2D eigenvalue weighted by molar-refractivity contribution is 8.11. The molecule has 8 atom stereocenters. The molecule has 0 bridgehead atoms. The zero-order chi connectivity index (χ0) is 11.7. The molecule has 16 heavy (non-hydrogen) atoms. The van der Waals surface area contributed by atoms with Gasteiger partial charge in [0, 0.05) is 0 Å². The molecule has 0 amide bonds. The highest BCUT2D eigenvalue weighted by Crippen LogP contribution is 2.44. The van der Waals surface area contributed by atoms with E-state index in [2.05, 4.69) is 27.4 Å². The summed E-state index contributed by atoms with van der Waals surface area (Å²) < 4.78 is 17.7. The van der Waals surface area contributed by atoms with Crippen LogP contribution in [0.4, 0.5) is 0 Å². The molecular weight excluding hydrogens is 242 g/mol. The summed E-state index contributed by atoms with van der Waals surface area (Å²) in [5.41, 5.74) is 0. The van der Waals surface area contributed by atoms with Crippen molar-refractivity contribution in [3.05, 3.63) is 0 Å². The summed E-state index contributed by atoms with van der Waals surface area (Å²) in [6, 6.07) is 0.0243. The van der Waals surface area contributed by atoms with Gasteiger partial charge in [-0.3, -0.25) is 0 Å². The predicted octanol–water partition coefficient (Wildman–Crippen LogP) is 2.65. The van der Waals surface area contributed by atoms with Gasteiger partial charge in [0.2, 0.25) is 0 Å². The highest BCUT2D eigenvalue weighted by atomic mass is 32.0. The van der Waals surface area contributed by atoms with Gasteiger partial charge in [-0.15, -0.1) is 0 Å². The Labute approximate surface area is 101 Å². The van der Waals surface area contributed by atoms with Gasteiger partial charge >= 0.3 is 0 Å². The fraction of sp³-hybridized carbons (Fsp3) is 1.00. The first kappa shape index (κ1) is 13.2. The van der Waals surface area contributed by atoms with E-state index in [1.54, 1.807) is 0 Å². The number of fused-ring (bicyclic) bond motifs is 1. The standard InChI is InChI=1S/C11H22O3P2/c1-6-7(2)10-9(13-8(6)3)5-12-11(14-10)16-15-4/h6-11,15-16H,5H2,1-4H3/t6?,7-,8+,9?,10+,11?/m1/s1. The zero-order valence-electron chi connectivity index (χ0n) is 10.4. The maximum Gasteiger partial charge on any atom is 0.177 e. The molecule has 2 aliphatic heterocycles. The third-order valence-corrected chi connectivity index (χ3v) is 6.20. The zero-order valence-corrected chi connectivity index (χ0v) is 12.4. The van der Waals surface area contributed by atoms with Gasteiger partial charge in [0.05, 0.1) is 18.8 Å². The average Bonchev–Trinajstić information content (AvgIpc) is 2.28. The van der Waals surface area contributed by atoms with Gasteiger partial charge in [0.25, 0.3) is 0 Å². The van der Waals surface area contributed by atoms with Crippen molar-refractivity contribution in [1.29, 1.82) is 0 Å². The molecule has 0 aliphatic carbocycles. The van der Waals surface area contributed by atoms with Crippen LogP contribution in [-0.4, -0.2) is 37.6 Å². The molecule has 0 aromatic rings. The molecule has 94 valence electrons. The predicted molar refractivity (Wildman–Crippen MR) is 69.8 cm³/mol. The molecule has 5 unspecified atom stereocenters. The first-order valence-corrected chi connectivity index (χ1v) is 9.56. The molecule has 0 radical (unpaired) electrons. The van der Waals surface area contributed by atoms with Gasteiger partial charge in [-0.25, -0.2) is 0 Å². The molecule has 2 aliphatic rings. The van der Waals surface area contributed by atoms with Crippen molar-refractivity contribution >= 4 is 16.5 Å². The fourth-order valence-corrected chi connectivity index (χ4v) is 4.25. The van der Waals surface area contributed by atoms with Crippen molar-refractivity contribution < 1.29 is 14.2 Å². The Morgan fingerprint density at radius 3 is 2.50 bits per heavy atom. The van der Waals surface area contributed by atoms with Crippen molar-refractivity contribution in [2.75, 3.05) is 13.3 Å². The van der Waals surface area contributed by atoms with E-state index in [1.807, 2.05) is 0 Å². The Bertz CT molecular complexity index is 237. The van der Waals surface area contributed by atoms with Crippen molar-refractivity contribution in [3.8, 4) is 0 Å². The summed E-state index contributed by atoms with van der Waals surface area (Å²) in [4.78, 5) is 0. The lowest BCUT2D eigenvalue weighted by molar-refractivity contribution is -0.278. The summed E-state index contributed by atoms with van der Waals surface area (Å²) in [7, 11) is 1.68. The van der Waals surface area contributed by atoms with Crippen LogP contribution in [0.5, 0.6) is 0 Å².